The van der Waals surface area contributed by atoms with Gasteiger partial charge < -0.3 is 5.32 Å². The van der Waals surface area contributed by atoms with Gasteiger partial charge >= 0.3 is 0 Å². The Morgan fingerprint density at radius 1 is 1.62 bits per heavy atom. The zero-order chi connectivity index (χ0) is 9.73. The lowest BCUT2D eigenvalue weighted by atomic mass is 9.77. The lowest BCUT2D eigenvalue weighted by molar-refractivity contribution is 0.205. The smallest absolute Gasteiger partial charge is 0.102 e. The molecule has 2 unspecified atom stereocenters. The molecule has 0 radical (unpaired) electrons. The third kappa shape index (κ3) is 3.10. The van der Waals surface area contributed by atoms with Gasteiger partial charge in [-0.3, -0.25) is 0 Å². The summed E-state index contributed by atoms with van der Waals surface area (Å²) in [6.07, 6.45) is 4.69. The van der Waals surface area contributed by atoms with E-state index >= 15 is 0 Å². The molecule has 0 aromatic rings. The molecule has 1 rings (SSSR count). The zero-order valence-corrected chi connectivity index (χ0v) is 9.04. The van der Waals surface area contributed by atoms with Gasteiger partial charge in [-0.25, -0.2) is 4.39 Å². The van der Waals surface area contributed by atoms with Gasteiger partial charge in [0.2, 0.25) is 0 Å². The van der Waals surface area contributed by atoms with Crippen molar-refractivity contribution in [2.24, 2.45) is 5.92 Å². The molecule has 0 amide bonds. The third-order valence-electron chi connectivity index (χ3n) is 2.94. The first-order valence-electron chi connectivity index (χ1n) is 5.09. The van der Waals surface area contributed by atoms with Crippen LogP contribution in [0.2, 0.25) is 0 Å². The van der Waals surface area contributed by atoms with Crippen LogP contribution in [0, 0.1) is 5.92 Å². The first-order chi connectivity index (χ1) is 6.22. The van der Waals surface area contributed by atoms with Gasteiger partial charge in [0.1, 0.15) is 6.67 Å². The summed E-state index contributed by atoms with van der Waals surface area (Å²) < 4.78 is 12.0. The molecule has 1 fully saturated rings. The van der Waals surface area contributed by atoms with Crippen molar-refractivity contribution < 1.29 is 4.39 Å². The Kier molecular flexibility index (Phi) is 4.47. The van der Waals surface area contributed by atoms with Crippen LogP contribution in [0.15, 0.2) is 0 Å². The van der Waals surface area contributed by atoms with Crippen LogP contribution < -0.4 is 5.32 Å². The minimum Gasteiger partial charge on any atom is -0.307 e. The van der Waals surface area contributed by atoms with Crippen LogP contribution in [0.1, 0.15) is 32.6 Å². The number of rotatable bonds is 4. The van der Waals surface area contributed by atoms with Gasteiger partial charge in [0.25, 0.3) is 0 Å². The molecule has 3 heteroatoms. The summed E-state index contributed by atoms with van der Waals surface area (Å²) in [6.45, 7) is 2.39. The fourth-order valence-electron chi connectivity index (χ4n) is 2.30. The fourth-order valence-corrected chi connectivity index (χ4v) is 2.64. The fraction of sp³-hybridized carbons (Fsp3) is 1.00. The van der Waals surface area contributed by atoms with Crippen LogP contribution >= 0.6 is 11.6 Å². The average molecular weight is 208 g/mol. The first kappa shape index (κ1) is 11.3. The Morgan fingerprint density at radius 3 is 2.92 bits per heavy atom. The van der Waals surface area contributed by atoms with Crippen LogP contribution in [0.25, 0.3) is 0 Å². The molecule has 0 aliphatic heterocycles. The van der Waals surface area contributed by atoms with E-state index in [2.05, 4.69) is 12.2 Å². The van der Waals surface area contributed by atoms with Crippen LogP contribution in [0.5, 0.6) is 0 Å². The normalized spacial score (nSPS) is 34.8. The Morgan fingerprint density at radius 2 is 2.38 bits per heavy atom. The van der Waals surface area contributed by atoms with Crippen LogP contribution in [-0.4, -0.2) is 24.6 Å². The molecule has 1 N–H and O–H groups in total. The Labute approximate surface area is 85.0 Å². The molecule has 1 aliphatic rings. The van der Waals surface area contributed by atoms with Crippen molar-refractivity contribution in [3.05, 3.63) is 0 Å². The summed E-state index contributed by atoms with van der Waals surface area (Å²) in [5.41, 5.74) is 0.0192. The molecule has 1 saturated carbocycles. The molecule has 2 atom stereocenters. The van der Waals surface area contributed by atoms with Gasteiger partial charge in [0.15, 0.2) is 0 Å². The van der Waals surface area contributed by atoms with E-state index in [0.717, 1.165) is 18.8 Å². The van der Waals surface area contributed by atoms with E-state index in [9.17, 15) is 4.39 Å². The van der Waals surface area contributed by atoms with Crippen LogP contribution in [0.3, 0.4) is 0 Å². The molecule has 0 heterocycles. The molecule has 0 aromatic heterocycles. The van der Waals surface area contributed by atoms with E-state index in [1.807, 2.05) is 0 Å². The predicted octanol–water partition coefficient (Wildman–Crippen LogP) is 2.73. The molecular weight excluding hydrogens is 189 g/mol. The molecular formula is C10H19ClFN. The highest BCUT2D eigenvalue weighted by atomic mass is 35.5. The van der Waals surface area contributed by atoms with Gasteiger partial charge in [-0.15, -0.1) is 11.6 Å². The van der Waals surface area contributed by atoms with Gasteiger partial charge in [0.05, 0.1) is 0 Å². The summed E-state index contributed by atoms with van der Waals surface area (Å²) in [6, 6.07) is 0. The lowest BCUT2D eigenvalue weighted by Crippen LogP contribution is -2.50. The topological polar surface area (TPSA) is 12.0 Å². The molecule has 78 valence electrons. The number of alkyl halides is 2. The minimum absolute atomic E-state index is 0.0192. The first-order valence-corrected chi connectivity index (χ1v) is 5.63. The molecule has 1 nitrogen and oxygen atoms in total. The lowest BCUT2D eigenvalue weighted by Gasteiger charge is -2.39. The van der Waals surface area contributed by atoms with Crippen molar-refractivity contribution in [2.45, 2.75) is 38.1 Å². The summed E-state index contributed by atoms with van der Waals surface area (Å²) in [5.74, 6) is 1.33. The van der Waals surface area contributed by atoms with Crippen molar-refractivity contribution in [3.63, 3.8) is 0 Å². The predicted molar refractivity (Wildman–Crippen MR) is 55.1 cm³/mol. The number of hydrogen-bond donors (Lipinski definition) is 1. The van der Waals surface area contributed by atoms with Crippen molar-refractivity contribution >= 4 is 11.6 Å². The maximum absolute atomic E-state index is 12.0. The second-order valence-electron chi connectivity index (χ2n) is 4.23. The summed E-state index contributed by atoms with van der Waals surface area (Å²) >= 11 is 5.95. The minimum atomic E-state index is -0.299. The quantitative estimate of drug-likeness (QED) is 0.700. The van der Waals surface area contributed by atoms with Gasteiger partial charge in [-0.05, 0) is 18.8 Å². The van der Waals surface area contributed by atoms with E-state index in [1.165, 1.54) is 12.8 Å². The summed E-state index contributed by atoms with van der Waals surface area (Å²) in [7, 11) is 0. The summed E-state index contributed by atoms with van der Waals surface area (Å²) in [5, 5.41) is 3.26. The second-order valence-corrected chi connectivity index (χ2v) is 4.50. The molecule has 1 aliphatic carbocycles. The average Bonchev–Trinajstić information content (AvgIpc) is 2.15. The molecule has 0 aromatic carbocycles. The largest absolute Gasteiger partial charge is 0.307 e. The van der Waals surface area contributed by atoms with Crippen molar-refractivity contribution in [1.29, 1.82) is 0 Å². The van der Waals surface area contributed by atoms with E-state index in [-0.39, 0.29) is 12.2 Å². The molecule has 0 spiro atoms. The number of hydrogen-bond acceptors (Lipinski definition) is 1. The molecule has 13 heavy (non-hydrogen) atoms. The van der Waals surface area contributed by atoms with Gasteiger partial charge in [0, 0.05) is 18.0 Å². The highest BCUT2D eigenvalue weighted by Gasteiger charge is 2.33. The van der Waals surface area contributed by atoms with Crippen LogP contribution in [0.4, 0.5) is 4.39 Å². The van der Waals surface area contributed by atoms with E-state index in [0.29, 0.717) is 12.4 Å². The zero-order valence-electron chi connectivity index (χ0n) is 8.28. The highest BCUT2D eigenvalue weighted by Crippen LogP contribution is 2.32. The van der Waals surface area contributed by atoms with Crippen molar-refractivity contribution in [3.8, 4) is 0 Å². The Hall–Kier alpha value is 0.180. The number of halogens is 2. The summed E-state index contributed by atoms with van der Waals surface area (Å²) in [4.78, 5) is 0. The maximum Gasteiger partial charge on any atom is 0.102 e. The molecule has 0 saturated heterocycles. The second kappa shape index (κ2) is 5.16. The van der Waals surface area contributed by atoms with Crippen LogP contribution in [-0.2, 0) is 0 Å². The molecule has 0 bridgehead atoms. The standard InChI is InChI=1S/C10H19ClFN/c1-9-3-2-4-10(7-9,8-11)13-6-5-12/h9,13H,2-8H2,1H3. The van der Waals surface area contributed by atoms with Gasteiger partial charge in [-0.1, -0.05) is 19.8 Å². The van der Waals surface area contributed by atoms with Crippen molar-refractivity contribution in [1.82, 2.24) is 5.32 Å². The van der Waals surface area contributed by atoms with Gasteiger partial charge in [-0.2, -0.15) is 0 Å². The third-order valence-corrected chi connectivity index (χ3v) is 3.45. The maximum atomic E-state index is 12.0. The van der Waals surface area contributed by atoms with Crippen molar-refractivity contribution in [2.75, 3.05) is 19.1 Å². The number of nitrogens with one attached hydrogen (secondary N) is 1. The Balaban J connectivity index is 2.46. The van der Waals surface area contributed by atoms with E-state index < -0.39 is 0 Å². The monoisotopic (exact) mass is 207 g/mol. The van der Waals surface area contributed by atoms with E-state index in [4.69, 9.17) is 11.6 Å². The highest BCUT2D eigenvalue weighted by molar-refractivity contribution is 6.18. The Bertz CT molecular complexity index is 154. The SMILES string of the molecule is CC1CCCC(CCl)(NCCF)C1. The van der Waals surface area contributed by atoms with E-state index in [1.54, 1.807) is 0 Å².